The van der Waals surface area contributed by atoms with Crippen molar-refractivity contribution in [1.29, 1.82) is 0 Å². The van der Waals surface area contributed by atoms with Crippen molar-refractivity contribution in [2.45, 2.75) is 50.5 Å². The summed E-state index contributed by atoms with van der Waals surface area (Å²) in [5, 5.41) is 6.13. The molecule has 1 fully saturated rings. The van der Waals surface area contributed by atoms with Crippen LogP contribution < -0.4 is 14.6 Å². The number of nitrogens with one attached hydrogen (secondary N) is 1. The van der Waals surface area contributed by atoms with E-state index in [-0.39, 0.29) is 29.4 Å². The van der Waals surface area contributed by atoms with Crippen LogP contribution in [0.4, 0.5) is 22.8 Å². The van der Waals surface area contributed by atoms with Crippen LogP contribution in [0.1, 0.15) is 32.0 Å². The fourth-order valence-corrected chi connectivity index (χ4v) is 4.94. The minimum atomic E-state index is -4.70. The van der Waals surface area contributed by atoms with E-state index >= 15 is 0 Å². The average Bonchev–Trinajstić information content (AvgIpc) is 3.52. The van der Waals surface area contributed by atoms with Crippen LogP contribution >= 0.6 is 0 Å². The summed E-state index contributed by atoms with van der Waals surface area (Å²) in [5.74, 6) is 0. The Kier molecular flexibility index (Phi) is 8.45. The number of alkyl halides is 3. The Labute approximate surface area is 259 Å². The maximum Gasteiger partial charge on any atom is 0.511 e. The van der Waals surface area contributed by atoms with Gasteiger partial charge in [0.1, 0.15) is 16.7 Å². The second-order valence-corrected chi connectivity index (χ2v) is 12.8. The number of hydrogen-bond donors (Lipinski definition) is 1. The summed E-state index contributed by atoms with van der Waals surface area (Å²) in [6, 6.07) is 12.5. The zero-order valence-electron chi connectivity index (χ0n) is 24.8. The summed E-state index contributed by atoms with van der Waals surface area (Å²) < 4.78 is 88.8. The number of ether oxygens (including phenoxy) is 3. The SMILES string of the molecule is Cc1ccc(-c2cc(C(F)(F)F)nn2-c2ccc(S(=O)(=O)NC(=O)OC3CN(n4on4OCOC(=O)OC(C)(C)C)C3)cc2)cc1. The molecule has 1 amide bonds. The minimum absolute atomic E-state index is 0.127. The highest BCUT2D eigenvalue weighted by Gasteiger charge is 2.38. The number of rotatable bonds is 9. The lowest BCUT2D eigenvalue weighted by Gasteiger charge is -2.34. The first-order valence-corrected chi connectivity index (χ1v) is 15.1. The van der Waals surface area contributed by atoms with Crippen LogP contribution in [0.2, 0.25) is 0 Å². The Morgan fingerprint density at radius 3 is 2.30 bits per heavy atom. The molecule has 1 N–H and O–H groups in total. The molecule has 1 aliphatic rings. The van der Waals surface area contributed by atoms with Gasteiger partial charge in [0.05, 0.1) is 34.3 Å². The number of sulfonamides is 1. The Hall–Kier alpha value is -5.07. The van der Waals surface area contributed by atoms with Crippen LogP contribution in [0.5, 0.6) is 0 Å². The fourth-order valence-electron chi connectivity index (χ4n) is 4.06. The maximum atomic E-state index is 13.5. The lowest BCUT2D eigenvalue weighted by atomic mass is 10.1. The third kappa shape index (κ3) is 7.76. The van der Waals surface area contributed by atoms with Crippen molar-refractivity contribution in [1.82, 2.24) is 24.5 Å². The van der Waals surface area contributed by atoms with Gasteiger partial charge in [-0.2, -0.15) is 22.9 Å². The molecule has 5 rings (SSSR count). The molecule has 19 heteroatoms. The number of aryl methyl sites for hydroxylation is 1. The fraction of sp³-hybridized carbons (Fsp3) is 0.370. The van der Waals surface area contributed by atoms with Crippen LogP contribution in [0.3, 0.4) is 0 Å². The number of aromatic nitrogens is 4. The van der Waals surface area contributed by atoms with Gasteiger partial charge in [-0.15, -0.1) is 0 Å². The van der Waals surface area contributed by atoms with Gasteiger partial charge in [0.15, 0.2) is 5.69 Å². The minimum Gasteiger partial charge on any atom is -0.442 e. The van der Waals surface area contributed by atoms with E-state index in [2.05, 4.69) is 5.10 Å². The summed E-state index contributed by atoms with van der Waals surface area (Å²) in [4.78, 5) is 29.7. The molecule has 0 radical (unpaired) electrons. The van der Waals surface area contributed by atoms with E-state index < -0.39 is 52.6 Å². The van der Waals surface area contributed by atoms with Gasteiger partial charge in [-0.25, -0.2) is 27.4 Å². The topological polar surface area (TPSA) is 161 Å². The first kappa shape index (κ1) is 32.3. The van der Waals surface area contributed by atoms with E-state index in [9.17, 15) is 31.2 Å². The van der Waals surface area contributed by atoms with Crippen molar-refractivity contribution < 1.29 is 54.9 Å². The Balaban J connectivity index is 1.14. The number of benzene rings is 2. The van der Waals surface area contributed by atoms with Gasteiger partial charge in [0.25, 0.3) is 16.8 Å². The highest BCUT2D eigenvalue weighted by molar-refractivity contribution is 7.90. The number of carbonyl (C=O) groups is 2. The van der Waals surface area contributed by atoms with E-state index in [1.54, 1.807) is 49.8 Å². The molecule has 4 aromatic rings. The molecule has 0 spiro atoms. The predicted octanol–water partition coefficient (Wildman–Crippen LogP) is 3.84. The van der Waals surface area contributed by atoms with Gasteiger partial charge in [-0.3, -0.25) is 5.01 Å². The molecule has 248 valence electrons. The summed E-state index contributed by atoms with van der Waals surface area (Å²) in [7, 11) is -4.39. The molecule has 1 saturated heterocycles. The zero-order valence-corrected chi connectivity index (χ0v) is 25.7. The number of carbonyl (C=O) groups excluding carboxylic acids is 2. The number of nitrogens with zero attached hydrogens (tertiary/aromatic N) is 5. The molecule has 0 bridgehead atoms. The largest absolute Gasteiger partial charge is 0.511 e. The molecular weight excluding hydrogens is 641 g/mol. The second-order valence-electron chi connectivity index (χ2n) is 11.1. The third-order valence-corrected chi connectivity index (χ3v) is 7.62. The molecule has 1 aliphatic heterocycles. The van der Waals surface area contributed by atoms with Gasteiger partial charge in [0.2, 0.25) is 0 Å². The molecule has 15 nitrogen and oxygen atoms in total. The molecular formula is C27H29F3N6O9S. The molecule has 0 aliphatic carbocycles. The molecule has 0 saturated carbocycles. The quantitative estimate of drug-likeness (QED) is 0.204. The first-order valence-electron chi connectivity index (χ1n) is 13.6. The normalized spacial score (nSPS) is 14.1. The van der Waals surface area contributed by atoms with Crippen molar-refractivity contribution in [2.24, 2.45) is 0 Å². The lowest BCUT2D eigenvalue weighted by molar-refractivity contribution is -0.141. The van der Waals surface area contributed by atoms with Gasteiger partial charge in [-0.1, -0.05) is 29.8 Å². The van der Waals surface area contributed by atoms with E-state index in [0.717, 1.165) is 38.4 Å². The van der Waals surface area contributed by atoms with E-state index in [1.807, 2.05) is 6.92 Å². The standard InChI is InChI=1S/C27H29F3N6O9S/c1-17-5-7-18(8-6-17)22-13-23(27(28,29)30)31-34(22)19-9-11-21(12-10-19)46(39,40)32-24(37)43-20-14-33(15-20)35-36(45-35)42-16-41-25(38)44-26(2,3)4/h5-13,20H,14-16H2,1-4H3,(H,32,37). The summed E-state index contributed by atoms with van der Waals surface area (Å²) in [6.45, 7) is 6.61. The number of amides is 1. The Morgan fingerprint density at radius 1 is 1.04 bits per heavy atom. The molecule has 2 aromatic heterocycles. The van der Waals surface area contributed by atoms with Gasteiger partial charge >= 0.3 is 18.4 Å². The average molecular weight is 671 g/mol. The van der Waals surface area contributed by atoms with Gasteiger partial charge in [-0.05, 0) is 58.0 Å². The van der Waals surface area contributed by atoms with E-state index in [4.69, 9.17) is 23.7 Å². The molecule has 0 atom stereocenters. The van der Waals surface area contributed by atoms with Crippen molar-refractivity contribution in [3.8, 4) is 16.9 Å². The van der Waals surface area contributed by atoms with Crippen LogP contribution in [0, 0.1) is 6.92 Å². The van der Waals surface area contributed by atoms with E-state index in [0.29, 0.717) is 5.56 Å². The van der Waals surface area contributed by atoms with Crippen LogP contribution in [-0.4, -0.2) is 72.0 Å². The summed E-state index contributed by atoms with van der Waals surface area (Å²) >= 11 is 0. The van der Waals surface area contributed by atoms with Crippen LogP contribution in [0.15, 0.2) is 64.1 Å². The molecule has 3 heterocycles. The van der Waals surface area contributed by atoms with Crippen molar-refractivity contribution in [3.05, 3.63) is 65.9 Å². The summed E-state index contributed by atoms with van der Waals surface area (Å²) in [5.41, 5.74) is -0.151. The van der Waals surface area contributed by atoms with Gasteiger partial charge in [0, 0.05) is 5.56 Å². The predicted molar refractivity (Wildman–Crippen MR) is 151 cm³/mol. The van der Waals surface area contributed by atoms with Crippen LogP contribution in [0.25, 0.3) is 16.9 Å². The smallest absolute Gasteiger partial charge is 0.442 e. The molecule has 46 heavy (non-hydrogen) atoms. The van der Waals surface area contributed by atoms with Crippen molar-refractivity contribution in [3.63, 3.8) is 0 Å². The number of hydrogen-bond acceptors (Lipinski definition) is 11. The van der Waals surface area contributed by atoms with Crippen LogP contribution in [-0.2, 0) is 30.4 Å². The first-order chi connectivity index (χ1) is 21.5. The molecule has 2 aromatic carbocycles. The monoisotopic (exact) mass is 670 g/mol. The van der Waals surface area contributed by atoms with Crippen molar-refractivity contribution in [2.75, 3.05) is 24.9 Å². The van der Waals surface area contributed by atoms with Crippen molar-refractivity contribution >= 4 is 22.3 Å². The Bertz CT molecular complexity index is 1790. The summed E-state index contributed by atoms with van der Waals surface area (Å²) in [6.07, 6.45) is -7.56. The second kappa shape index (κ2) is 12.0. The zero-order chi connectivity index (χ0) is 33.4. The van der Waals surface area contributed by atoms with Gasteiger partial charge < -0.3 is 19.0 Å². The lowest BCUT2D eigenvalue weighted by Crippen LogP contribution is -2.58. The maximum absolute atomic E-state index is 13.5. The Morgan fingerprint density at radius 2 is 1.70 bits per heavy atom. The molecule has 0 unspecified atom stereocenters. The number of halogens is 3. The highest BCUT2D eigenvalue weighted by Crippen LogP contribution is 2.33. The highest BCUT2D eigenvalue weighted by atomic mass is 32.2. The third-order valence-electron chi connectivity index (χ3n) is 6.29. The van der Waals surface area contributed by atoms with E-state index in [1.165, 1.54) is 17.1 Å².